The molecule has 0 amide bonds. The molecule has 0 aromatic rings. The number of rotatable bonds is 8. The largest absolute Gasteiger partial charge is 0.460 e. The summed E-state index contributed by atoms with van der Waals surface area (Å²) in [7, 11) is 0. The third kappa shape index (κ3) is 7.33. The van der Waals surface area contributed by atoms with Crippen LogP contribution in [-0.4, -0.2) is 38.5 Å². The minimum absolute atomic E-state index is 0.270. The second-order valence-corrected chi connectivity index (χ2v) is 5.28. The Bertz CT molecular complexity index is 280. The predicted octanol–water partition coefficient (Wildman–Crippen LogP) is 2.72. The van der Waals surface area contributed by atoms with Gasteiger partial charge in [-0.2, -0.15) is 0 Å². The Morgan fingerprint density at radius 1 is 1.11 bits per heavy atom. The lowest BCUT2D eigenvalue weighted by Gasteiger charge is -2.26. The van der Waals surface area contributed by atoms with E-state index in [2.05, 4.69) is 13.5 Å². The van der Waals surface area contributed by atoms with E-state index in [0.717, 1.165) is 18.8 Å². The van der Waals surface area contributed by atoms with E-state index in [1.54, 1.807) is 6.92 Å². The molecule has 1 rings (SSSR count). The predicted molar refractivity (Wildman–Crippen MR) is 74.0 cm³/mol. The second-order valence-electron chi connectivity index (χ2n) is 5.28. The van der Waals surface area contributed by atoms with Crippen molar-refractivity contribution >= 4 is 5.97 Å². The normalized spacial score (nSPS) is 23.1. The van der Waals surface area contributed by atoms with Crippen LogP contribution in [0.15, 0.2) is 12.2 Å². The Labute approximate surface area is 116 Å². The first-order valence-electron chi connectivity index (χ1n) is 7.11. The number of esters is 1. The van der Waals surface area contributed by atoms with Crippen molar-refractivity contribution < 1.29 is 19.0 Å². The molecule has 0 N–H and O–H groups in total. The summed E-state index contributed by atoms with van der Waals surface area (Å²) in [5.74, 6) is 0.482. The molecule has 1 aliphatic rings. The van der Waals surface area contributed by atoms with Gasteiger partial charge in [-0.25, -0.2) is 4.79 Å². The van der Waals surface area contributed by atoms with Gasteiger partial charge < -0.3 is 14.2 Å². The number of ether oxygens (including phenoxy) is 3. The van der Waals surface area contributed by atoms with Crippen LogP contribution in [0.4, 0.5) is 0 Å². The Balaban J connectivity index is 1.89. The van der Waals surface area contributed by atoms with Crippen molar-refractivity contribution in [2.24, 2.45) is 5.92 Å². The first-order chi connectivity index (χ1) is 9.09. The standard InChI is InChI=1S/C15H26O4/c1-12(2)15(16)19-11-9-17-8-10-18-14-6-4-13(3)5-7-14/h13-14H,1,4-11H2,2-3H3. The van der Waals surface area contributed by atoms with Crippen molar-refractivity contribution in [2.45, 2.75) is 45.6 Å². The number of hydrogen-bond acceptors (Lipinski definition) is 4. The maximum atomic E-state index is 11.1. The van der Waals surface area contributed by atoms with Crippen molar-refractivity contribution in [1.82, 2.24) is 0 Å². The maximum Gasteiger partial charge on any atom is 0.333 e. The van der Waals surface area contributed by atoms with Gasteiger partial charge in [0.1, 0.15) is 6.61 Å². The summed E-state index contributed by atoms with van der Waals surface area (Å²) in [5.41, 5.74) is 0.412. The van der Waals surface area contributed by atoms with Crippen LogP contribution in [0.3, 0.4) is 0 Å². The van der Waals surface area contributed by atoms with Gasteiger partial charge in [-0.05, 0) is 38.5 Å². The molecule has 1 aliphatic carbocycles. The SMILES string of the molecule is C=C(C)C(=O)OCCOCCOC1CCC(C)CC1. The molecule has 0 aliphatic heterocycles. The van der Waals surface area contributed by atoms with Crippen LogP contribution in [0.5, 0.6) is 0 Å². The van der Waals surface area contributed by atoms with E-state index in [-0.39, 0.29) is 12.6 Å². The smallest absolute Gasteiger partial charge is 0.333 e. The summed E-state index contributed by atoms with van der Waals surface area (Å²) in [6.45, 7) is 9.28. The van der Waals surface area contributed by atoms with E-state index >= 15 is 0 Å². The van der Waals surface area contributed by atoms with Gasteiger partial charge in [0.2, 0.25) is 0 Å². The van der Waals surface area contributed by atoms with Gasteiger partial charge in [-0.3, -0.25) is 0 Å². The van der Waals surface area contributed by atoms with Crippen molar-refractivity contribution in [2.75, 3.05) is 26.4 Å². The Hall–Kier alpha value is -0.870. The second kappa shape index (κ2) is 9.10. The van der Waals surface area contributed by atoms with Crippen LogP contribution >= 0.6 is 0 Å². The molecular formula is C15H26O4. The van der Waals surface area contributed by atoms with E-state index < -0.39 is 0 Å². The van der Waals surface area contributed by atoms with Gasteiger partial charge in [0.15, 0.2) is 0 Å². The van der Waals surface area contributed by atoms with Gasteiger partial charge in [-0.1, -0.05) is 13.5 Å². The highest BCUT2D eigenvalue weighted by Gasteiger charge is 2.18. The van der Waals surface area contributed by atoms with Crippen molar-refractivity contribution in [3.63, 3.8) is 0 Å². The lowest BCUT2D eigenvalue weighted by atomic mass is 9.89. The van der Waals surface area contributed by atoms with E-state index in [4.69, 9.17) is 14.2 Å². The monoisotopic (exact) mass is 270 g/mol. The van der Waals surface area contributed by atoms with Gasteiger partial charge in [0, 0.05) is 5.57 Å². The molecule has 0 unspecified atom stereocenters. The highest BCUT2D eigenvalue weighted by Crippen LogP contribution is 2.25. The molecule has 0 radical (unpaired) electrons. The molecular weight excluding hydrogens is 244 g/mol. The molecule has 4 nitrogen and oxygen atoms in total. The van der Waals surface area contributed by atoms with Crippen LogP contribution in [-0.2, 0) is 19.0 Å². The third-order valence-electron chi connectivity index (χ3n) is 3.35. The highest BCUT2D eigenvalue weighted by molar-refractivity contribution is 5.86. The quantitative estimate of drug-likeness (QED) is 0.386. The van der Waals surface area contributed by atoms with Crippen LogP contribution in [0, 0.1) is 5.92 Å². The van der Waals surface area contributed by atoms with E-state index in [0.29, 0.717) is 31.5 Å². The van der Waals surface area contributed by atoms with Crippen molar-refractivity contribution in [3.8, 4) is 0 Å². The fourth-order valence-corrected chi connectivity index (χ4v) is 2.09. The van der Waals surface area contributed by atoms with Gasteiger partial charge in [0.25, 0.3) is 0 Å². The minimum atomic E-state index is -0.365. The zero-order valence-corrected chi connectivity index (χ0v) is 12.2. The summed E-state index contributed by atoms with van der Waals surface area (Å²) < 4.78 is 16.0. The summed E-state index contributed by atoms with van der Waals surface area (Å²) in [4.78, 5) is 11.1. The van der Waals surface area contributed by atoms with E-state index in [9.17, 15) is 4.79 Å². The van der Waals surface area contributed by atoms with E-state index in [1.807, 2.05) is 0 Å². The summed E-state index contributed by atoms with van der Waals surface area (Å²) in [5, 5.41) is 0. The van der Waals surface area contributed by atoms with Gasteiger partial charge in [-0.15, -0.1) is 0 Å². The molecule has 4 heteroatoms. The molecule has 0 aromatic carbocycles. The molecule has 0 atom stereocenters. The average Bonchev–Trinajstić information content (AvgIpc) is 2.39. The third-order valence-corrected chi connectivity index (χ3v) is 3.35. The Kier molecular flexibility index (Phi) is 7.75. The number of carbonyl (C=O) groups excluding carboxylic acids is 1. The molecule has 0 heterocycles. The lowest BCUT2D eigenvalue weighted by Crippen LogP contribution is -2.22. The molecule has 110 valence electrons. The minimum Gasteiger partial charge on any atom is -0.460 e. The molecule has 1 fully saturated rings. The fraction of sp³-hybridized carbons (Fsp3) is 0.800. The number of carbonyl (C=O) groups is 1. The number of hydrogen-bond donors (Lipinski definition) is 0. The zero-order chi connectivity index (χ0) is 14.1. The molecule has 0 aromatic heterocycles. The van der Waals surface area contributed by atoms with Gasteiger partial charge >= 0.3 is 5.97 Å². The summed E-state index contributed by atoms with van der Waals surface area (Å²) in [6, 6.07) is 0. The molecule has 0 bridgehead atoms. The highest BCUT2D eigenvalue weighted by atomic mass is 16.6. The first-order valence-corrected chi connectivity index (χ1v) is 7.11. The summed E-state index contributed by atoms with van der Waals surface area (Å²) >= 11 is 0. The zero-order valence-electron chi connectivity index (χ0n) is 12.2. The fourth-order valence-electron chi connectivity index (χ4n) is 2.09. The topological polar surface area (TPSA) is 44.8 Å². The first kappa shape index (κ1) is 16.2. The van der Waals surface area contributed by atoms with Crippen LogP contribution in [0.2, 0.25) is 0 Å². The molecule has 19 heavy (non-hydrogen) atoms. The van der Waals surface area contributed by atoms with E-state index in [1.165, 1.54) is 12.8 Å². The maximum absolute atomic E-state index is 11.1. The lowest BCUT2D eigenvalue weighted by molar-refractivity contribution is -0.140. The van der Waals surface area contributed by atoms with Crippen molar-refractivity contribution in [1.29, 1.82) is 0 Å². The van der Waals surface area contributed by atoms with Crippen LogP contribution < -0.4 is 0 Å². The molecule has 1 saturated carbocycles. The molecule has 0 spiro atoms. The Morgan fingerprint density at radius 3 is 2.37 bits per heavy atom. The van der Waals surface area contributed by atoms with Gasteiger partial charge in [0.05, 0.1) is 25.9 Å². The van der Waals surface area contributed by atoms with Crippen LogP contribution in [0.25, 0.3) is 0 Å². The van der Waals surface area contributed by atoms with Crippen molar-refractivity contribution in [3.05, 3.63) is 12.2 Å². The molecule has 0 saturated heterocycles. The Morgan fingerprint density at radius 2 is 1.74 bits per heavy atom. The summed E-state index contributed by atoms with van der Waals surface area (Å²) in [6.07, 6.45) is 5.26. The van der Waals surface area contributed by atoms with Crippen LogP contribution in [0.1, 0.15) is 39.5 Å². The average molecular weight is 270 g/mol.